The highest BCUT2D eigenvalue weighted by Gasteiger charge is 2.26. The molecule has 0 N–H and O–H groups in total. The van der Waals surface area contributed by atoms with Crippen molar-refractivity contribution in [1.82, 2.24) is 4.98 Å². The molecule has 0 aliphatic carbocycles. The first-order chi connectivity index (χ1) is 5.58. The van der Waals surface area contributed by atoms with Gasteiger partial charge >= 0.3 is 6.18 Å². The Hall–Kier alpha value is -1.06. The lowest BCUT2D eigenvalue weighted by Crippen LogP contribution is -2.07. The fourth-order valence-electron chi connectivity index (χ4n) is 0.717. The predicted octanol–water partition coefficient (Wildman–Crippen LogP) is 2.59. The second kappa shape index (κ2) is 3.56. The maximum Gasteiger partial charge on any atom is 0.389 e. The Morgan fingerprint density at radius 1 is 1.33 bits per heavy atom. The summed E-state index contributed by atoms with van der Waals surface area (Å²) < 4.78 is 35.0. The van der Waals surface area contributed by atoms with Crippen LogP contribution >= 0.6 is 0 Å². The van der Waals surface area contributed by atoms with Gasteiger partial charge in [0.15, 0.2) is 0 Å². The number of hydrogen-bond donors (Lipinski definition) is 0. The fraction of sp³-hybridized carbons (Fsp3) is 0.250. The van der Waals surface area contributed by atoms with E-state index < -0.39 is 12.6 Å². The lowest BCUT2D eigenvalue weighted by molar-refractivity contribution is -0.127. The van der Waals surface area contributed by atoms with Crippen LogP contribution in [0.4, 0.5) is 13.2 Å². The highest BCUT2D eigenvalue weighted by atomic mass is 19.4. The van der Waals surface area contributed by atoms with Gasteiger partial charge in [0.05, 0.1) is 6.42 Å². The van der Waals surface area contributed by atoms with Crippen molar-refractivity contribution in [3.8, 4) is 0 Å². The number of hydrogen-bond acceptors (Lipinski definition) is 1. The minimum absolute atomic E-state index is 0.356. The van der Waals surface area contributed by atoms with E-state index in [4.69, 9.17) is 0 Å². The van der Waals surface area contributed by atoms with Crippen LogP contribution in [0.1, 0.15) is 12.1 Å². The summed E-state index contributed by atoms with van der Waals surface area (Å²) in [5, 5.41) is 0. The van der Waals surface area contributed by atoms with E-state index in [0.717, 1.165) is 6.42 Å². The first-order valence-electron chi connectivity index (χ1n) is 3.39. The standard InChI is InChI=1S/C8H7F3N/c9-8(10,11)5-4-7-3-1-2-6-12-7/h1-4,6H,5H2. The second-order valence-electron chi connectivity index (χ2n) is 2.28. The van der Waals surface area contributed by atoms with E-state index in [-0.39, 0.29) is 0 Å². The summed E-state index contributed by atoms with van der Waals surface area (Å²) in [5.74, 6) is 0. The van der Waals surface area contributed by atoms with Crippen LogP contribution in [-0.4, -0.2) is 11.2 Å². The molecular formula is C8H7F3N. The highest BCUT2D eigenvalue weighted by molar-refractivity contribution is 5.12. The molecule has 4 heteroatoms. The molecule has 1 radical (unpaired) electrons. The van der Waals surface area contributed by atoms with E-state index in [0.29, 0.717) is 5.69 Å². The zero-order valence-corrected chi connectivity index (χ0v) is 6.17. The molecule has 0 saturated carbocycles. The number of halogens is 3. The van der Waals surface area contributed by atoms with Crippen LogP contribution in [0.2, 0.25) is 0 Å². The van der Waals surface area contributed by atoms with Gasteiger partial charge in [-0.3, -0.25) is 4.98 Å². The molecule has 0 unspecified atom stereocenters. The topological polar surface area (TPSA) is 12.9 Å². The quantitative estimate of drug-likeness (QED) is 0.671. The molecule has 0 bridgehead atoms. The Labute approximate surface area is 68.2 Å². The summed E-state index contributed by atoms with van der Waals surface area (Å²) in [6.07, 6.45) is -2.55. The van der Waals surface area contributed by atoms with Crippen LogP contribution in [0, 0.1) is 6.42 Å². The maximum atomic E-state index is 11.7. The molecule has 0 aliphatic heterocycles. The van der Waals surface area contributed by atoms with Crippen molar-refractivity contribution in [2.45, 2.75) is 12.6 Å². The predicted molar refractivity (Wildman–Crippen MR) is 38.3 cm³/mol. The number of pyridine rings is 1. The molecule has 1 rings (SSSR count). The maximum absolute atomic E-state index is 11.7. The van der Waals surface area contributed by atoms with Gasteiger partial charge in [-0.25, -0.2) is 0 Å². The Bertz CT molecular complexity index is 230. The third kappa shape index (κ3) is 3.37. The molecule has 1 nitrogen and oxygen atoms in total. The normalized spacial score (nSPS) is 11.6. The fourth-order valence-corrected chi connectivity index (χ4v) is 0.717. The van der Waals surface area contributed by atoms with Crippen LogP contribution in [0.15, 0.2) is 24.4 Å². The van der Waals surface area contributed by atoms with Gasteiger partial charge < -0.3 is 0 Å². The third-order valence-corrected chi connectivity index (χ3v) is 1.23. The zero-order chi connectivity index (χ0) is 9.03. The molecule has 65 valence electrons. The second-order valence-corrected chi connectivity index (χ2v) is 2.28. The largest absolute Gasteiger partial charge is 0.389 e. The van der Waals surface area contributed by atoms with Crippen LogP contribution in [0.3, 0.4) is 0 Å². The first kappa shape index (κ1) is 9.03. The molecule has 12 heavy (non-hydrogen) atoms. The third-order valence-electron chi connectivity index (χ3n) is 1.23. The van der Waals surface area contributed by atoms with Gasteiger partial charge in [-0.15, -0.1) is 0 Å². The van der Waals surface area contributed by atoms with Crippen LogP contribution < -0.4 is 0 Å². The van der Waals surface area contributed by atoms with Crippen molar-refractivity contribution < 1.29 is 13.2 Å². The minimum atomic E-state index is -4.14. The van der Waals surface area contributed by atoms with E-state index in [1.807, 2.05) is 0 Å². The molecule has 0 atom stereocenters. The molecule has 0 spiro atoms. The van der Waals surface area contributed by atoms with Crippen molar-refractivity contribution in [1.29, 1.82) is 0 Å². The number of aromatic nitrogens is 1. The van der Waals surface area contributed by atoms with Crippen molar-refractivity contribution >= 4 is 0 Å². The van der Waals surface area contributed by atoms with Crippen molar-refractivity contribution in [3.63, 3.8) is 0 Å². The van der Waals surface area contributed by atoms with Crippen LogP contribution in [-0.2, 0) is 0 Å². The molecule has 0 aromatic carbocycles. The van der Waals surface area contributed by atoms with Gasteiger partial charge in [0.25, 0.3) is 0 Å². The van der Waals surface area contributed by atoms with Gasteiger partial charge in [0.2, 0.25) is 0 Å². The van der Waals surface area contributed by atoms with Gasteiger partial charge in [-0.2, -0.15) is 13.2 Å². The number of alkyl halides is 3. The van der Waals surface area contributed by atoms with E-state index in [2.05, 4.69) is 4.98 Å². The zero-order valence-electron chi connectivity index (χ0n) is 6.17. The van der Waals surface area contributed by atoms with Crippen molar-refractivity contribution in [3.05, 3.63) is 36.5 Å². The molecule has 1 heterocycles. The van der Waals surface area contributed by atoms with E-state index in [1.165, 1.54) is 12.3 Å². The van der Waals surface area contributed by atoms with Gasteiger partial charge in [0, 0.05) is 18.3 Å². The average molecular weight is 174 g/mol. The minimum Gasteiger partial charge on any atom is -0.261 e. The lowest BCUT2D eigenvalue weighted by atomic mass is 10.2. The van der Waals surface area contributed by atoms with E-state index in [9.17, 15) is 13.2 Å². The molecule has 0 aliphatic rings. The summed E-state index contributed by atoms with van der Waals surface area (Å²) in [5.41, 5.74) is 0.356. The summed E-state index contributed by atoms with van der Waals surface area (Å²) in [7, 11) is 0. The highest BCUT2D eigenvalue weighted by Crippen LogP contribution is 2.22. The number of rotatable bonds is 2. The van der Waals surface area contributed by atoms with Crippen LogP contribution in [0.5, 0.6) is 0 Å². The number of nitrogens with zero attached hydrogens (tertiary/aromatic N) is 1. The van der Waals surface area contributed by atoms with Crippen molar-refractivity contribution in [2.24, 2.45) is 0 Å². The van der Waals surface area contributed by atoms with E-state index in [1.54, 1.807) is 12.1 Å². The van der Waals surface area contributed by atoms with Crippen molar-refractivity contribution in [2.75, 3.05) is 0 Å². The summed E-state index contributed by atoms with van der Waals surface area (Å²) >= 11 is 0. The smallest absolute Gasteiger partial charge is 0.261 e. The Balaban J connectivity index is 2.44. The molecule has 0 amide bonds. The van der Waals surface area contributed by atoms with Gasteiger partial charge in [-0.05, 0) is 12.1 Å². The summed E-state index contributed by atoms with van der Waals surface area (Å²) in [4.78, 5) is 3.73. The molecular weight excluding hydrogens is 167 g/mol. The Kier molecular flexibility index (Phi) is 2.68. The average Bonchev–Trinajstić information content (AvgIpc) is 2.02. The molecule has 1 aromatic heterocycles. The van der Waals surface area contributed by atoms with Gasteiger partial charge in [0.1, 0.15) is 0 Å². The summed E-state index contributed by atoms with van der Waals surface area (Å²) in [6, 6.07) is 4.84. The molecule has 0 fully saturated rings. The van der Waals surface area contributed by atoms with Gasteiger partial charge in [-0.1, -0.05) is 6.07 Å². The van der Waals surface area contributed by atoms with Crippen LogP contribution in [0.25, 0.3) is 0 Å². The Morgan fingerprint density at radius 3 is 2.58 bits per heavy atom. The van der Waals surface area contributed by atoms with E-state index >= 15 is 0 Å². The summed E-state index contributed by atoms with van der Waals surface area (Å²) in [6.45, 7) is 0. The SMILES string of the molecule is FC(F)(F)C[CH]c1ccccn1. The first-order valence-corrected chi connectivity index (χ1v) is 3.39. The monoisotopic (exact) mass is 174 g/mol. The molecule has 0 saturated heterocycles. The molecule has 1 aromatic rings. The Morgan fingerprint density at radius 2 is 2.08 bits per heavy atom. The lowest BCUT2D eigenvalue weighted by Gasteiger charge is -2.03.